The minimum absolute atomic E-state index is 0.170. The molecule has 3 nitrogen and oxygen atoms in total. The highest BCUT2D eigenvalue weighted by molar-refractivity contribution is 7.93. The van der Waals surface area contributed by atoms with Gasteiger partial charge in [0.25, 0.3) is 0 Å². The smallest absolute Gasteiger partial charge is 0.188 e. The fourth-order valence-corrected chi connectivity index (χ4v) is 7.20. The van der Waals surface area contributed by atoms with Gasteiger partial charge in [0, 0.05) is 14.0 Å². The molecule has 0 bridgehead atoms. The fraction of sp³-hybridized carbons (Fsp3) is 0.533. The van der Waals surface area contributed by atoms with Crippen molar-refractivity contribution in [1.82, 2.24) is 0 Å². The number of sulfone groups is 1. The fourth-order valence-electron chi connectivity index (χ4n) is 2.07. The van der Waals surface area contributed by atoms with E-state index in [4.69, 9.17) is 0 Å². The first kappa shape index (κ1) is 17.1. The summed E-state index contributed by atoms with van der Waals surface area (Å²) in [5.41, 5.74) is 0. The van der Waals surface area contributed by atoms with Gasteiger partial charge in [-0.25, -0.2) is 8.42 Å². The Kier molecular flexibility index (Phi) is 5.32. The lowest BCUT2D eigenvalue weighted by Gasteiger charge is -2.25. The van der Waals surface area contributed by atoms with Crippen LogP contribution in [0.15, 0.2) is 35.2 Å². The van der Waals surface area contributed by atoms with Gasteiger partial charge in [-0.05, 0) is 18.2 Å². The molecule has 20 heavy (non-hydrogen) atoms. The number of benzene rings is 1. The summed E-state index contributed by atoms with van der Waals surface area (Å²) in [5, 5.41) is -0.906. The van der Waals surface area contributed by atoms with Crippen LogP contribution < -0.4 is 0 Å². The van der Waals surface area contributed by atoms with Crippen LogP contribution in [-0.4, -0.2) is 27.5 Å². The molecular formula is C15H24O3SSi. The third-order valence-electron chi connectivity index (χ3n) is 3.13. The van der Waals surface area contributed by atoms with Crippen LogP contribution in [0.4, 0.5) is 0 Å². The number of ketones is 1. The summed E-state index contributed by atoms with van der Waals surface area (Å²) in [6.45, 7) is 9.80. The van der Waals surface area contributed by atoms with Crippen molar-refractivity contribution in [3.63, 3.8) is 0 Å². The van der Waals surface area contributed by atoms with Gasteiger partial charge in [-0.3, -0.25) is 4.79 Å². The highest BCUT2D eigenvalue weighted by Crippen LogP contribution is 2.26. The summed E-state index contributed by atoms with van der Waals surface area (Å²) < 4.78 is 25.5. The minimum Gasteiger partial charge on any atom is -0.298 e. The van der Waals surface area contributed by atoms with Gasteiger partial charge in [-0.15, -0.1) is 0 Å². The molecule has 1 aromatic rings. The van der Waals surface area contributed by atoms with Crippen LogP contribution in [-0.2, 0) is 14.6 Å². The molecule has 0 aliphatic heterocycles. The predicted octanol–water partition coefficient (Wildman–Crippen LogP) is 3.39. The van der Waals surface area contributed by atoms with E-state index in [1.165, 1.54) is 0 Å². The van der Waals surface area contributed by atoms with Gasteiger partial charge >= 0.3 is 0 Å². The second-order valence-electron chi connectivity index (χ2n) is 6.67. The van der Waals surface area contributed by atoms with Gasteiger partial charge in [-0.1, -0.05) is 51.7 Å². The maximum Gasteiger partial charge on any atom is 0.188 e. The van der Waals surface area contributed by atoms with Crippen molar-refractivity contribution in [1.29, 1.82) is 0 Å². The van der Waals surface area contributed by atoms with Crippen molar-refractivity contribution < 1.29 is 13.2 Å². The first-order valence-electron chi connectivity index (χ1n) is 6.88. The molecule has 1 aromatic carbocycles. The summed E-state index contributed by atoms with van der Waals surface area (Å²) in [7, 11) is -5.26. The van der Waals surface area contributed by atoms with Crippen LogP contribution in [0.1, 0.15) is 13.8 Å². The van der Waals surface area contributed by atoms with Gasteiger partial charge < -0.3 is 0 Å². The topological polar surface area (TPSA) is 51.2 Å². The largest absolute Gasteiger partial charge is 0.298 e. The molecule has 112 valence electrons. The molecule has 0 aliphatic carbocycles. The molecular weight excluding hydrogens is 288 g/mol. The van der Waals surface area contributed by atoms with Crippen LogP contribution in [0.25, 0.3) is 0 Å². The molecule has 0 aliphatic rings. The average molecular weight is 313 g/mol. The third-order valence-corrected chi connectivity index (χ3v) is 7.14. The standard InChI is InChI=1S/C15H24O3SSi/c1-12(2)15(16)14(11-20(3,4)5)19(17,18)13-9-7-6-8-10-13/h6-10,12,14H,11H2,1-5H3/t14-/m1/s1. The number of rotatable bonds is 6. The van der Waals surface area contributed by atoms with Gasteiger partial charge in [-0.2, -0.15) is 0 Å². The van der Waals surface area contributed by atoms with Crippen molar-refractivity contribution in [3.05, 3.63) is 30.3 Å². The van der Waals surface area contributed by atoms with Crippen molar-refractivity contribution >= 4 is 23.7 Å². The van der Waals surface area contributed by atoms with E-state index >= 15 is 0 Å². The normalized spacial score (nSPS) is 14.3. The van der Waals surface area contributed by atoms with Gasteiger partial charge in [0.1, 0.15) is 5.25 Å². The number of carbonyl (C=O) groups excluding carboxylic acids is 1. The third kappa shape index (κ3) is 4.28. The molecule has 5 heteroatoms. The number of hydrogen-bond donors (Lipinski definition) is 0. The Bertz CT molecular complexity index is 557. The van der Waals surface area contributed by atoms with E-state index < -0.39 is 23.2 Å². The van der Waals surface area contributed by atoms with E-state index in [1.807, 2.05) is 0 Å². The van der Waals surface area contributed by atoms with E-state index in [1.54, 1.807) is 44.2 Å². The van der Waals surface area contributed by atoms with Crippen LogP contribution >= 0.6 is 0 Å². The first-order valence-corrected chi connectivity index (χ1v) is 12.1. The summed E-state index contributed by atoms with van der Waals surface area (Å²) in [6.07, 6.45) is 0. The maximum absolute atomic E-state index is 12.8. The van der Waals surface area contributed by atoms with Crippen molar-refractivity contribution in [2.75, 3.05) is 0 Å². The molecule has 0 saturated heterocycles. The van der Waals surface area contributed by atoms with Crippen molar-refractivity contribution in [2.24, 2.45) is 5.92 Å². The number of carbonyl (C=O) groups is 1. The van der Waals surface area contributed by atoms with Crippen LogP contribution in [0.2, 0.25) is 25.7 Å². The van der Waals surface area contributed by atoms with E-state index in [-0.39, 0.29) is 16.6 Å². The molecule has 0 amide bonds. The predicted molar refractivity (Wildman–Crippen MR) is 85.4 cm³/mol. The van der Waals surface area contributed by atoms with E-state index in [0.29, 0.717) is 6.04 Å². The molecule has 0 saturated carbocycles. The second-order valence-corrected chi connectivity index (χ2v) is 14.3. The van der Waals surface area contributed by atoms with Gasteiger partial charge in [0.2, 0.25) is 0 Å². The Hall–Kier alpha value is -0.943. The molecule has 0 N–H and O–H groups in total. The molecule has 0 aromatic heterocycles. The highest BCUT2D eigenvalue weighted by Gasteiger charge is 2.38. The monoisotopic (exact) mass is 312 g/mol. The van der Waals surface area contributed by atoms with Gasteiger partial charge in [0.15, 0.2) is 15.6 Å². The summed E-state index contributed by atoms with van der Waals surface area (Å²) in [4.78, 5) is 12.6. The number of Topliss-reactive ketones (excluding diaryl/α,β-unsaturated/α-hetero) is 1. The molecule has 0 spiro atoms. The lowest BCUT2D eigenvalue weighted by molar-refractivity contribution is -0.121. The Morgan fingerprint density at radius 3 is 2.00 bits per heavy atom. The zero-order valence-electron chi connectivity index (χ0n) is 12.9. The number of hydrogen-bond acceptors (Lipinski definition) is 3. The average Bonchev–Trinajstić information content (AvgIpc) is 2.35. The minimum atomic E-state index is -3.59. The zero-order valence-corrected chi connectivity index (χ0v) is 14.7. The molecule has 1 atom stereocenters. The van der Waals surface area contributed by atoms with Crippen molar-refractivity contribution in [3.8, 4) is 0 Å². The Morgan fingerprint density at radius 1 is 1.10 bits per heavy atom. The maximum atomic E-state index is 12.8. The Balaban J connectivity index is 3.27. The summed E-state index contributed by atoms with van der Waals surface area (Å²) in [5.74, 6) is -0.439. The molecule has 0 fully saturated rings. The van der Waals surface area contributed by atoms with Crippen molar-refractivity contribution in [2.45, 2.75) is 49.7 Å². The van der Waals surface area contributed by atoms with Gasteiger partial charge in [0.05, 0.1) is 4.90 Å². The molecule has 0 radical (unpaired) electrons. The first-order chi connectivity index (χ1) is 9.05. The Morgan fingerprint density at radius 2 is 1.60 bits per heavy atom. The molecule has 0 unspecified atom stereocenters. The summed E-state index contributed by atoms with van der Waals surface area (Å²) >= 11 is 0. The van der Waals surface area contributed by atoms with E-state index in [9.17, 15) is 13.2 Å². The Labute approximate surface area is 123 Å². The molecule has 1 rings (SSSR count). The van der Waals surface area contributed by atoms with Crippen LogP contribution in [0.5, 0.6) is 0 Å². The zero-order chi connectivity index (χ0) is 15.6. The lowest BCUT2D eigenvalue weighted by Crippen LogP contribution is -2.39. The second kappa shape index (κ2) is 6.22. The highest BCUT2D eigenvalue weighted by atomic mass is 32.2. The molecule has 0 heterocycles. The lowest BCUT2D eigenvalue weighted by atomic mass is 10.1. The van der Waals surface area contributed by atoms with Crippen LogP contribution in [0, 0.1) is 5.92 Å². The van der Waals surface area contributed by atoms with Crippen LogP contribution in [0.3, 0.4) is 0 Å². The van der Waals surface area contributed by atoms with E-state index in [0.717, 1.165) is 0 Å². The van der Waals surface area contributed by atoms with E-state index in [2.05, 4.69) is 19.6 Å². The SMILES string of the molecule is CC(C)C(=O)[C@@H](C[Si](C)(C)C)S(=O)(=O)c1ccccc1. The summed E-state index contributed by atoms with van der Waals surface area (Å²) in [6, 6.07) is 8.77. The quantitative estimate of drug-likeness (QED) is 0.757.